The molecule has 2 heteroatoms. The largest absolute Gasteiger partial charge is 0.399 e. The van der Waals surface area contributed by atoms with Crippen molar-refractivity contribution in [2.75, 3.05) is 12.3 Å². The number of nitrogens with two attached hydrogens (primary N) is 1. The Kier molecular flexibility index (Phi) is 3.29. The van der Waals surface area contributed by atoms with E-state index >= 15 is 0 Å². The van der Waals surface area contributed by atoms with Crippen molar-refractivity contribution in [1.82, 2.24) is 4.90 Å². The molecule has 1 saturated carbocycles. The van der Waals surface area contributed by atoms with E-state index in [2.05, 4.69) is 24.0 Å². The van der Waals surface area contributed by atoms with E-state index in [-0.39, 0.29) is 0 Å². The highest BCUT2D eigenvalue weighted by atomic mass is 15.2. The van der Waals surface area contributed by atoms with E-state index in [0.717, 1.165) is 17.6 Å². The smallest absolute Gasteiger partial charge is 0.0322 e. The third-order valence-corrected chi connectivity index (χ3v) is 4.97. The number of benzene rings is 1. The molecule has 0 amide bonds. The van der Waals surface area contributed by atoms with Crippen molar-refractivity contribution in [2.24, 2.45) is 5.92 Å². The maximum atomic E-state index is 5.77. The molecule has 3 atom stereocenters. The Bertz CT molecular complexity index is 398. The van der Waals surface area contributed by atoms with Crippen LogP contribution in [0.15, 0.2) is 24.3 Å². The summed E-state index contributed by atoms with van der Waals surface area (Å²) in [6.45, 7) is 3.63. The Morgan fingerprint density at radius 2 is 1.83 bits per heavy atom. The number of rotatable bonds is 2. The molecule has 2 nitrogen and oxygen atoms in total. The van der Waals surface area contributed by atoms with Crippen LogP contribution in [0, 0.1) is 5.92 Å². The van der Waals surface area contributed by atoms with Gasteiger partial charge in [-0.25, -0.2) is 0 Å². The minimum atomic E-state index is 0.540. The van der Waals surface area contributed by atoms with Gasteiger partial charge in [-0.05, 0) is 56.3 Å². The van der Waals surface area contributed by atoms with Crippen LogP contribution in [0.1, 0.15) is 50.6 Å². The van der Waals surface area contributed by atoms with Gasteiger partial charge in [-0.2, -0.15) is 0 Å². The van der Waals surface area contributed by atoms with Crippen molar-refractivity contribution in [2.45, 2.75) is 51.1 Å². The van der Waals surface area contributed by atoms with Crippen LogP contribution < -0.4 is 5.73 Å². The summed E-state index contributed by atoms with van der Waals surface area (Å²) in [5.74, 6) is 0.968. The molecule has 0 aromatic heterocycles. The Morgan fingerprint density at radius 1 is 1.11 bits per heavy atom. The minimum absolute atomic E-state index is 0.540. The molecule has 1 heterocycles. The minimum Gasteiger partial charge on any atom is -0.399 e. The standard InChI is InChI=1S/C16H24N2/c1-12(13-6-8-15(17)9-7-13)18-11-10-14-4-2-3-5-16(14)18/h6-9,12,14,16H,2-5,10-11,17H2,1H3. The van der Waals surface area contributed by atoms with Gasteiger partial charge in [0.15, 0.2) is 0 Å². The van der Waals surface area contributed by atoms with E-state index < -0.39 is 0 Å². The molecule has 1 aliphatic heterocycles. The first-order valence-corrected chi connectivity index (χ1v) is 7.37. The van der Waals surface area contributed by atoms with Crippen LogP contribution in [-0.4, -0.2) is 17.5 Å². The van der Waals surface area contributed by atoms with Gasteiger partial charge in [0.2, 0.25) is 0 Å². The lowest BCUT2D eigenvalue weighted by atomic mass is 9.85. The van der Waals surface area contributed by atoms with Gasteiger partial charge >= 0.3 is 0 Å². The summed E-state index contributed by atoms with van der Waals surface area (Å²) in [5, 5.41) is 0. The van der Waals surface area contributed by atoms with E-state index in [4.69, 9.17) is 5.73 Å². The Labute approximate surface area is 110 Å². The van der Waals surface area contributed by atoms with Crippen LogP contribution in [0.2, 0.25) is 0 Å². The molecule has 1 aliphatic carbocycles. The summed E-state index contributed by atoms with van der Waals surface area (Å²) >= 11 is 0. The molecule has 98 valence electrons. The van der Waals surface area contributed by atoms with Gasteiger partial charge in [0.1, 0.15) is 0 Å². The normalized spacial score (nSPS) is 30.1. The first-order chi connectivity index (χ1) is 8.75. The van der Waals surface area contributed by atoms with Crippen LogP contribution in [0.25, 0.3) is 0 Å². The number of likely N-dealkylation sites (tertiary alicyclic amines) is 1. The van der Waals surface area contributed by atoms with Crippen molar-refractivity contribution in [3.63, 3.8) is 0 Å². The average Bonchev–Trinajstić information content (AvgIpc) is 2.82. The molecule has 2 aliphatic rings. The summed E-state index contributed by atoms with van der Waals surface area (Å²) in [6, 6.07) is 9.82. The van der Waals surface area contributed by atoms with Crippen LogP contribution in [0.3, 0.4) is 0 Å². The highest BCUT2D eigenvalue weighted by Gasteiger charge is 2.37. The van der Waals surface area contributed by atoms with E-state index in [9.17, 15) is 0 Å². The zero-order valence-corrected chi connectivity index (χ0v) is 11.3. The second-order valence-corrected chi connectivity index (χ2v) is 5.98. The van der Waals surface area contributed by atoms with Crippen molar-refractivity contribution in [1.29, 1.82) is 0 Å². The molecule has 2 N–H and O–H groups in total. The molecule has 0 bridgehead atoms. The maximum absolute atomic E-state index is 5.77. The Morgan fingerprint density at radius 3 is 2.61 bits per heavy atom. The van der Waals surface area contributed by atoms with Crippen LogP contribution in [-0.2, 0) is 0 Å². The van der Waals surface area contributed by atoms with Crippen LogP contribution in [0.4, 0.5) is 5.69 Å². The Balaban J connectivity index is 1.76. The molecule has 3 unspecified atom stereocenters. The van der Waals surface area contributed by atoms with E-state index in [0.29, 0.717) is 6.04 Å². The molecule has 3 rings (SSSR count). The van der Waals surface area contributed by atoms with Gasteiger partial charge in [0.25, 0.3) is 0 Å². The summed E-state index contributed by atoms with van der Waals surface area (Å²) in [6.07, 6.45) is 7.14. The maximum Gasteiger partial charge on any atom is 0.0322 e. The monoisotopic (exact) mass is 244 g/mol. The third kappa shape index (κ3) is 2.14. The summed E-state index contributed by atoms with van der Waals surface area (Å²) in [4.78, 5) is 2.73. The lowest BCUT2D eigenvalue weighted by Crippen LogP contribution is -2.36. The Hall–Kier alpha value is -1.02. The van der Waals surface area contributed by atoms with Gasteiger partial charge in [-0.3, -0.25) is 4.90 Å². The molecular formula is C16H24N2. The quantitative estimate of drug-likeness (QED) is 0.805. The highest BCUT2D eigenvalue weighted by molar-refractivity contribution is 5.40. The third-order valence-electron chi connectivity index (χ3n) is 4.97. The van der Waals surface area contributed by atoms with Crippen molar-refractivity contribution < 1.29 is 0 Å². The molecule has 1 aromatic rings. The molecular weight excluding hydrogens is 220 g/mol. The number of anilines is 1. The number of hydrogen-bond acceptors (Lipinski definition) is 2. The van der Waals surface area contributed by atoms with Gasteiger partial charge in [0.05, 0.1) is 0 Å². The molecule has 2 fully saturated rings. The zero-order chi connectivity index (χ0) is 12.5. The summed E-state index contributed by atoms with van der Waals surface area (Å²) in [5.41, 5.74) is 8.05. The number of fused-ring (bicyclic) bond motifs is 1. The second kappa shape index (κ2) is 4.93. The molecule has 1 saturated heterocycles. The SMILES string of the molecule is CC(c1ccc(N)cc1)N1CCC2CCCCC21. The fraction of sp³-hybridized carbons (Fsp3) is 0.625. The van der Waals surface area contributed by atoms with Gasteiger partial charge in [0, 0.05) is 17.8 Å². The molecule has 1 aromatic carbocycles. The van der Waals surface area contributed by atoms with Crippen molar-refractivity contribution in [3.05, 3.63) is 29.8 Å². The number of nitrogens with zero attached hydrogens (tertiary/aromatic N) is 1. The van der Waals surface area contributed by atoms with Gasteiger partial charge in [-0.1, -0.05) is 25.0 Å². The molecule has 0 spiro atoms. The van der Waals surface area contributed by atoms with Crippen molar-refractivity contribution in [3.8, 4) is 0 Å². The lowest BCUT2D eigenvalue weighted by Gasteiger charge is -2.35. The average molecular weight is 244 g/mol. The molecule has 0 radical (unpaired) electrons. The number of hydrogen-bond donors (Lipinski definition) is 1. The van der Waals surface area contributed by atoms with E-state index in [1.807, 2.05) is 12.1 Å². The lowest BCUT2D eigenvalue weighted by molar-refractivity contribution is 0.141. The molecule has 18 heavy (non-hydrogen) atoms. The topological polar surface area (TPSA) is 29.3 Å². The van der Waals surface area contributed by atoms with Gasteiger partial charge in [-0.15, -0.1) is 0 Å². The first-order valence-electron chi connectivity index (χ1n) is 7.37. The fourth-order valence-corrected chi connectivity index (χ4v) is 3.89. The summed E-state index contributed by atoms with van der Waals surface area (Å²) in [7, 11) is 0. The second-order valence-electron chi connectivity index (χ2n) is 5.98. The highest BCUT2D eigenvalue weighted by Crippen LogP contribution is 2.40. The van der Waals surface area contributed by atoms with E-state index in [1.54, 1.807) is 0 Å². The van der Waals surface area contributed by atoms with Crippen LogP contribution >= 0.6 is 0 Å². The van der Waals surface area contributed by atoms with Gasteiger partial charge < -0.3 is 5.73 Å². The summed E-state index contributed by atoms with van der Waals surface area (Å²) < 4.78 is 0. The first kappa shape index (κ1) is 12.0. The fourth-order valence-electron chi connectivity index (χ4n) is 3.89. The predicted octanol–water partition coefficient (Wildman–Crippen LogP) is 3.59. The zero-order valence-electron chi connectivity index (χ0n) is 11.3. The van der Waals surface area contributed by atoms with Crippen molar-refractivity contribution >= 4 is 5.69 Å². The van der Waals surface area contributed by atoms with E-state index in [1.165, 1.54) is 44.2 Å². The number of nitrogen functional groups attached to an aromatic ring is 1. The predicted molar refractivity (Wildman–Crippen MR) is 76.3 cm³/mol. The van der Waals surface area contributed by atoms with Crippen LogP contribution in [0.5, 0.6) is 0 Å².